The lowest BCUT2D eigenvalue weighted by Gasteiger charge is -1.99. The van der Waals surface area contributed by atoms with Crippen LogP contribution in [0.15, 0.2) is 29.4 Å². The molecule has 0 unspecified atom stereocenters. The molecule has 0 bridgehead atoms. The van der Waals surface area contributed by atoms with Crippen LogP contribution in [0.2, 0.25) is 0 Å². The molecule has 1 aromatic rings. The number of benzene rings is 1. The maximum Gasteiger partial charge on any atom is 0.249 e. The number of nitro groups is 1. The third kappa shape index (κ3) is 2.44. The minimum absolute atomic E-state index is 0.0352. The summed E-state index contributed by atoms with van der Waals surface area (Å²) in [5.41, 5.74) is 0.232. The van der Waals surface area contributed by atoms with Gasteiger partial charge in [0.2, 0.25) is 6.54 Å². The van der Waals surface area contributed by atoms with Crippen molar-refractivity contribution in [2.24, 2.45) is 5.16 Å². The van der Waals surface area contributed by atoms with E-state index in [1.165, 1.54) is 24.3 Å². The van der Waals surface area contributed by atoms with Crippen LogP contribution in [0.3, 0.4) is 0 Å². The summed E-state index contributed by atoms with van der Waals surface area (Å²) in [4.78, 5) is 9.57. The molecule has 0 heterocycles. The van der Waals surface area contributed by atoms with Crippen molar-refractivity contribution in [1.82, 2.24) is 0 Å². The molecule has 6 heteroatoms. The molecule has 0 fully saturated rings. The van der Waals surface area contributed by atoms with Crippen LogP contribution in [0.4, 0.5) is 0 Å². The average molecular weight is 196 g/mol. The van der Waals surface area contributed by atoms with E-state index in [-0.39, 0.29) is 11.5 Å². The van der Waals surface area contributed by atoms with Crippen LogP contribution in [-0.2, 0) is 0 Å². The van der Waals surface area contributed by atoms with Crippen LogP contribution >= 0.6 is 0 Å². The SMILES string of the molecule is O=[N+]([O-])C/C(=N/O)c1cccc(O)c1. The number of rotatable bonds is 3. The zero-order chi connectivity index (χ0) is 10.6. The van der Waals surface area contributed by atoms with Crippen LogP contribution in [0.25, 0.3) is 0 Å². The van der Waals surface area contributed by atoms with Crippen LogP contribution in [0, 0.1) is 10.1 Å². The number of nitrogens with zero attached hydrogens (tertiary/aromatic N) is 2. The highest BCUT2D eigenvalue weighted by atomic mass is 16.6. The smallest absolute Gasteiger partial charge is 0.249 e. The van der Waals surface area contributed by atoms with Crippen molar-refractivity contribution >= 4 is 5.71 Å². The average Bonchev–Trinajstić information content (AvgIpc) is 2.14. The summed E-state index contributed by atoms with van der Waals surface area (Å²) in [6.07, 6.45) is 0. The largest absolute Gasteiger partial charge is 0.508 e. The van der Waals surface area contributed by atoms with Gasteiger partial charge in [0, 0.05) is 10.5 Å². The zero-order valence-electron chi connectivity index (χ0n) is 7.12. The predicted molar refractivity (Wildman–Crippen MR) is 48.3 cm³/mol. The van der Waals surface area contributed by atoms with E-state index in [0.717, 1.165) is 0 Å². The predicted octanol–water partition coefficient (Wildman–Crippen LogP) is 0.847. The summed E-state index contributed by atoms with van der Waals surface area (Å²) in [6.45, 7) is -0.583. The number of aromatic hydroxyl groups is 1. The third-order valence-corrected chi connectivity index (χ3v) is 1.58. The van der Waals surface area contributed by atoms with Gasteiger partial charge in [0.25, 0.3) is 0 Å². The molecule has 0 radical (unpaired) electrons. The second-order valence-corrected chi connectivity index (χ2v) is 2.59. The molecular formula is C8H8N2O4. The monoisotopic (exact) mass is 196 g/mol. The Balaban J connectivity index is 2.96. The van der Waals surface area contributed by atoms with Crippen LogP contribution < -0.4 is 0 Å². The molecule has 0 aromatic heterocycles. The lowest BCUT2D eigenvalue weighted by atomic mass is 10.1. The van der Waals surface area contributed by atoms with E-state index >= 15 is 0 Å². The van der Waals surface area contributed by atoms with Gasteiger partial charge in [-0.15, -0.1) is 0 Å². The molecule has 74 valence electrons. The van der Waals surface area contributed by atoms with Crippen molar-refractivity contribution in [3.05, 3.63) is 39.9 Å². The molecule has 0 amide bonds. The van der Waals surface area contributed by atoms with Crippen molar-refractivity contribution in [3.63, 3.8) is 0 Å². The van der Waals surface area contributed by atoms with E-state index in [0.29, 0.717) is 5.56 Å². The first-order valence-electron chi connectivity index (χ1n) is 3.75. The lowest BCUT2D eigenvalue weighted by molar-refractivity contribution is -0.463. The van der Waals surface area contributed by atoms with Gasteiger partial charge in [0.1, 0.15) is 5.75 Å². The molecule has 0 aliphatic rings. The summed E-state index contributed by atoms with van der Waals surface area (Å²) in [6, 6.07) is 5.73. The molecule has 0 saturated carbocycles. The normalized spacial score (nSPS) is 11.3. The first kappa shape index (κ1) is 9.97. The van der Waals surface area contributed by atoms with E-state index in [1.807, 2.05) is 0 Å². The van der Waals surface area contributed by atoms with Crippen molar-refractivity contribution in [2.75, 3.05) is 6.54 Å². The third-order valence-electron chi connectivity index (χ3n) is 1.58. The minimum Gasteiger partial charge on any atom is -0.508 e. The summed E-state index contributed by atoms with van der Waals surface area (Å²) < 4.78 is 0. The Morgan fingerprint density at radius 1 is 1.57 bits per heavy atom. The van der Waals surface area contributed by atoms with E-state index in [2.05, 4.69) is 5.16 Å². The molecule has 6 nitrogen and oxygen atoms in total. The molecule has 0 saturated heterocycles. The second-order valence-electron chi connectivity index (χ2n) is 2.59. The Kier molecular flexibility index (Phi) is 3.01. The molecule has 1 rings (SSSR count). The summed E-state index contributed by atoms with van der Waals surface area (Å²) in [5, 5.41) is 30.6. The van der Waals surface area contributed by atoms with Gasteiger partial charge in [-0.25, -0.2) is 0 Å². The fraction of sp³-hybridized carbons (Fsp3) is 0.125. The van der Waals surface area contributed by atoms with Gasteiger partial charge in [-0.05, 0) is 12.1 Å². The Hall–Kier alpha value is -2.11. The maximum atomic E-state index is 10.2. The fourth-order valence-corrected chi connectivity index (χ4v) is 0.988. The highest BCUT2D eigenvalue weighted by Crippen LogP contribution is 2.11. The summed E-state index contributed by atoms with van der Waals surface area (Å²) in [7, 11) is 0. The Bertz CT molecular complexity index is 375. The van der Waals surface area contributed by atoms with E-state index < -0.39 is 11.5 Å². The van der Waals surface area contributed by atoms with E-state index in [9.17, 15) is 10.1 Å². The van der Waals surface area contributed by atoms with E-state index in [1.54, 1.807) is 0 Å². The Morgan fingerprint density at radius 3 is 2.79 bits per heavy atom. The van der Waals surface area contributed by atoms with Gasteiger partial charge in [0.05, 0.1) is 0 Å². The van der Waals surface area contributed by atoms with Crippen molar-refractivity contribution in [3.8, 4) is 5.75 Å². The molecule has 14 heavy (non-hydrogen) atoms. The topological polar surface area (TPSA) is 96.0 Å². The fourth-order valence-electron chi connectivity index (χ4n) is 0.988. The number of hydrogen-bond acceptors (Lipinski definition) is 5. The highest BCUT2D eigenvalue weighted by molar-refractivity contribution is 6.01. The number of hydrogen-bond donors (Lipinski definition) is 2. The summed E-state index contributed by atoms with van der Waals surface area (Å²) in [5.74, 6) is -0.0352. The first-order chi connectivity index (χ1) is 6.63. The molecule has 1 aromatic carbocycles. The number of phenolic OH excluding ortho intramolecular Hbond substituents is 1. The maximum absolute atomic E-state index is 10.2. The quantitative estimate of drug-likeness (QED) is 0.324. The molecule has 2 N–H and O–H groups in total. The molecule has 0 atom stereocenters. The Labute approximate surface area is 79.3 Å². The van der Waals surface area contributed by atoms with Crippen LogP contribution in [0.1, 0.15) is 5.56 Å². The minimum atomic E-state index is -0.612. The first-order valence-corrected chi connectivity index (χ1v) is 3.75. The van der Waals surface area contributed by atoms with Crippen molar-refractivity contribution in [2.45, 2.75) is 0 Å². The number of phenols is 1. The molecule has 0 aliphatic heterocycles. The molecular weight excluding hydrogens is 188 g/mol. The standard InChI is InChI=1S/C8H8N2O4/c11-7-3-1-2-6(4-7)8(9-12)5-10(13)14/h1-4,11-12H,5H2/b9-8-. The van der Waals surface area contributed by atoms with Crippen molar-refractivity contribution in [1.29, 1.82) is 0 Å². The molecule has 0 aliphatic carbocycles. The van der Waals surface area contributed by atoms with Gasteiger partial charge in [-0.1, -0.05) is 17.3 Å². The van der Waals surface area contributed by atoms with Crippen molar-refractivity contribution < 1.29 is 15.2 Å². The summed E-state index contributed by atoms with van der Waals surface area (Å²) >= 11 is 0. The van der Waals surface area contributed by atoms with Gasteiger partial charge in [-0.3, -0.25) is 10.1 Å². The van der Waals surface area contributed by atoms with Gasteiger partial charge < -0.3 is 10.3 Å². The second kappa shape index (κ2) is 4.22. The Morgan fingerprint density at radius 2 is 2.29 bits per heavy atom. The van der Waals surface area contributed by atoms with Gasteiger partial charge in [-0.2, -0.15) is 0 Å². The molecule has 0 spiro atoms. The van der Waals surface area contributed by atoms with Gasteiger partial charge in [0.15, 0.2) is 5.71 Å². The van der Waals surface area contributed by atoms with E-state index in [4.69, 9.17) is 10.3 Å². The zero-order valence-corrected chi connectivity index (χ0v) is 7.12. The number of oxime groups is 1. The van der Waals surface area contributed by atoms with Gasteiger partial charge >= 0.3 is 0 Å². The lowest BCUT2D eigenvalue weighted by Crippen LogP contribution is -2.14. The van der Waals surface area contributed by atoms with Crippen LogP contribution in [0.5, 0.6) is 5.75 Å². The highest BCUT2D eigenvalue weighted by Gasteiger charge is 2.11. The van der Waals surface area contributed by atoms with Crippen LogP contribution in [-0.4, -0.2) is 27.5 Å².